The molecule has 0 amide bonds. The van der Waals surface area contributed by atoms with E-state index in [-0.39, 0.29) is 0 Å². The molecule has 32 heavy (non-hydrogen) atoms. The summed E-state index contributed by atoms with van der Waals surface area (Å²) in [5.41, 5.74) is 4.24. The molecule has 2 aliphatic rings. The molecule has 0 spiro atoms. The van der Waals surface area contributed by atoms with Crippen molar-refractivity contribution in [1.29, 1.82) is 0 Å². The normalized spacial score (nSPS) is 16.3. The van der Waals surface area contributed by atoms with Crippen LogP contribution in [0.3, 0.4) is 0 Å². The number of hydrogen-bond acceptors (Lipinski definition) is 5. The van der Waals surface area contributed by atoms with E-state index in [1.54, 1.807) is 0 Å². The Bertz CT molecular complexity index is 1080. The highest BCUT2D eigenvalue weighted by Crippen LogP contribution is 2.33. The molecule has 3 heterocycles. The van der Waals surface area contributed by atoms with E-state index in [1.165, 1.54) is 22.8 Å². The van der Waals surface area contributed by atoms with Gasteiger partial charge in [0, 0.05) is 44.4 Å². The van der Waals surface area contributed by atoms with Crippen molar-refractivity contribution in [2.45, 2.75) is 31.9 Å². The number of fused-ring (bicyclic) bond motifs is 1. The second-order valence-corrected chi connectivity index (χ2v) is 8.32. The van der Waals surface area contributed by atoms with Crippen molar-refractivity contribution in [2.24, 2.45) is 0 Å². The maximum atomic E-state index is 12.8. The fraction of sp³-hybridized carbons (Fsp3) is 0.375. The van der Waals surface area contributed by atoms with Crippen molar-refractivity contribution >= 4 is 11.6 Å². The van der Waals surface area contributed by atoms with Gasteiger partial charge < -0.3 is 9.80 Å². The number of pyridine rings is 1. The molecule has 1 aromatic carbocycles. The van der Waals surface area contributed by atoms with E-state index < -0.39 is 11.7 Å². The molecule has 0 unspecified atom stereocenters. The summed E-state index contributed by atoms with van der Waals surface area (Å²) in [4.78, 5) is 8.31. The number of nitrogens with zero attached hydrogens (tertiary/aromatic N) is 5. The average Bonchev–Trinajstić information content (AvgIpc) is 3.30. The Morgan fingerprint density at radius 1 is 0.812 bits per heavy atom. The van der Waals surface area contributed by atoms with E-state index in [2.05, 4.69) is 32.2 Å². The molecule has 1 fully saturated rings. The van der Waals surface area contributed by atoms with E-state index >= 15 is 0 Å². The molecule has 5 nitrogen and oxygen atoms in total. The standard InChI is InChI=1S/C24H24F3N5/c25-24(26,27)18-9-10-22(28-16-18)31-11-13-32(14-12-31)23-20-8-4-7-19(20)21(29-30-23)15-17-5-2-1-3-6-17/h1-3,5-6,9-10,16H,4,7-8,11-15H2. The minimum Gasteiger partial charge on any atom is -0.353 e. The van der Waals surface area contributed by atoms with Crippen LogP contribution < -0.4 is 9.80 Å². The zero-order valence-electron chi connectivity index (χ0n) is 17.6. The highest BCUT2D eigenvalue weighted by Gasteiger charge is 2.31. The Labute approximate surface area is 184 Å². The minimum absolute atomic E-state index is 0.576. The van der Waals surface area contributed by atoms with Gasteiger partial charge in [0.15, 0.2) is 5.82 Å². The van der Waals surface area contributed by atoms with Crippen LogP contribution in [0.4, 0.5) is 24.8 Å². The predicted molar refractivity (Wildman–Crippen MR) is 117 cm³/mol. The zero-order valence-corrected chi connectivity index (χ0v) is 17.6. The summed E-state index contributed by atoms with van der Waals surface area (Å²) in [5, 5.41) is 9.23. The Balaban J connectivity index is 1.29. The molecule has 0 saturated carbocycles. The van der Waals surface area contributed by atoms with Gasteiger partial charge in [-0.05, 0) is 42.5 Å². The third kappa shape index (κ3) is 4.13. The first-order chi connectivity index (χ1) is 15.5. The van der Waals surface area contributed by atoms with Gasteiger partial charge in [-0.1, -0.05) is 30.3 Å². The maximum absolute atomic E-state index is 12.8. The largest absolute Gasteiger partial charge is 0.417 e. The lowest BCUT2D eigenvalue weighted by molar-refractivity contribution is -0.137. The highest BCUT2D eigenvalue weighted by molar-refractivity contribution is 5.55. The predicted octanol–water partition coefficient (Wildman–Crippen LogP) is 4.30. The number of hydrogen-bond donors (Lipinski definition) is 0. The van der Waals surface area contributed by atoms with Crippen LogP contribution in [0, 0.1) is 0 Å². The second kappa shape index (κ2) is 8.41. The molecule has 0 radical (unpaired) electrons. The number of piperazine rings is 1. The molecule has 2 aromatic heterocycles. The van der Waals surface area contributed by atoms with Crippen LogP contribution in [-0.2, 0) is 25.4 Å². The molecule has 1 aliphatic heterocycles. The van der Waals surface area contributed by atoms with E-state index in [0.29, 0.717) is 18.9 Å². The van der Waals surface area contributed by atoms with Crippen LogP contribution in [0.25, 0.3) is 0 Å². The summed E-state index contributed by atoms with van der Waals surface area (Å²) < 4.78 is 38.4. The van der Waals surface area contributed by atoms with Gasteiger partial charge in [-0.3, -0.25) is 0 Å². The second-order valence-electron chi connectivity index (χ2n) is 8.32. The number of rotatable bonds is 4. The smallest absolute Gasteiger partial charge is 0.353 e. The monoisotopic (exact) mass is 439 g/mol. The summed E-state index contributed by atoms with van der Waals surface area (Å²) in [7, 11) is 0. The number of benzene rings is 1. The van der Waals surface area contributed by atoms with Gasteiger partial charge in [-0.2, -0.15) is 18.3 Å². The van der Waals surface area contributed by atoms with Gasteiger partial charge >= 0.3 is 6.18 Å². The van der Waals surface area contributed by atoms with Gasteiger partial charge in [0.2, 0.25) is 0 Å². The minimum atomic E-state index is -4.37. The number of alkyl halides is 3. The average molecular weight is 439 g/mol. The van der Waals surface area contributed by atoms with E-state index in [0.717, 1.165) is 62.5 Å². The SMILES string of the molecule is FC(F)(F)c1ccc(N2CCN(c3nnc(Cc4ccccc4)c4c3CCC4)CC2)nc1. The van der Waals surface area contributed by atoms with Crippen LogP contribution in [0.1, 0.15) is 34.4 Å². The van der Waals surface area contributed by atoms with Crippen molar-refractivity contribution < 1.29 is 13.2 Å². The molecule has 0 atom stereocenters. The first-order valence-corrected chi connectivity index (χ1v) is 10.9. The summed E-state index contributed by atoms with van der Waals surface area (Å²) in [5.74, 6) is 1.54. The summed E-state index contributed by atoms with van der Waals surface area (Å²) in [6.45, 7) is 2.84. The van der Waals surface area contributed by atoms with Crippen LogP contribution in [0.15, 0.2) is 48.7 Å². The number of halogens is 3. The van der Waals surface area contributed by atoms with Crippen LogP contribution in [0.5, 0.6) is 0 Å². The van der Waals surface area contributed by atoms with Gasteiger partial charge in [0.25, 0.3) is 0 Å². The van der Waals surface area contributed by atoms with Gasteiger partial charge in [-0.15, -0.1) is 5.10 Å². The first-order valence-electron chi connectivity index (χ1n) is 10.9. The fourth-order valence-corrected chi connectivity index (χ4v) is 4.61. The summed E-state index contributed by atoms with van der Waals surface area (Å²) in [6, 6.07) is 12.9. The quantitative estimate of drug-likeness (QED) is 0.607. The van der Waals surface area contributed by atoms with Crippen LogP contribution in [-0.4, -0.2) is 41.4 Å². The lowest BCUT2D eigenvalue weighted by Gasteiger charge is -2.36. The fourth-order valence-electron chi connectivity index (χ4n) is 4.61. The Morgan fingerprint density at radius 2 is 1.53 bits per heavy atom. The topological polar surface area (TPSA) is 45.2 Å². The first kappa shape index (κ1) is 20.7. The van der Waals surface area contributed by atoms with E-state index in [4.69, 9.17) is 0 Å². The third-order valence-electron chi connectivity index (χ3n) is 6.29. The number of aromatic nitrogens is 3. The molecule has 0 bridgehead atoms. The Kier molecular flexibility index (Phi) is 5.45. The van der Waals surface area contributed by atoms with E-state index in [9.17, 15) is 13.2 Å². The van der Waals surface area contributed by atoms with Crippen molar-refractivity contribution in [2.75, 3.05) is 36.0 Å². The van der Waals surface area contributed by atoms with Crippen LogP contribution in [0.2, 0.25) is 0 Å². The molecule has 1 saturated heterocycles. The number of anilines is 2. The van der Waals surface area contributed by atoms with Gasteiger partial charge in [-0.25, -0.2) is 4.98 Å². The van der Waals surface area contributed by atoms with Crippen LogP contribution >= 0.6 is 0 Å². The Hall–Kier alpha value is -3.16. The molecule has 0 N–H and O–H groups in total. The lowest BCUT2D eigenvalue weighted by atomic mass is 10.0. The molecular formula is C24H24F3N5. The van der Waals surface area contributed by atoms with Crippen molar-refractivity contribution in [3.05, 3.63) is 76.6 Å². The van der Waals surface area contributed by atoms with E-state index in [1.807, 2.05) is 23.1 Å². The van der Waals surface area contributed by atoms with Crippen molar-refractivity contribution in [1.82, 2.24) is 15.2 Å². The van der Waals surface area contributed by atoms with Crippen molar-refractivity contribution in [3.8, 4) is 0 Å². The molecule has 8 heteroatoms. The maximum Gasteiger partial charge on any atom is 0.417 e. The van der Waals surface area contributed by atoms with Crippen molar-refractivity contribution in [3.63, 3.8) is 0 Å². The molecule has 166 valence electrons. The molecule has 1 aliphatic carbocycles. The Morgan fingerprint density at radius 3 is 2.22 bits per heavy atom. The third-order valence-corrected chi connectivity index (χ3v) is 6.29. The molecule has 5 rings (SSSR count). The van der Waals surface area contributed by atoms with Gasteiger partial charge in [0.1, 0.15) is 5.82 Å². The highest BCUT2D eigenvalue weighted by atomic mass is 19.4. The molecule has 3 aromatic rings. The zero-order chi connectivity index (χ0) is 22.1. The lowest BCUT2D eigenvalue weighted by Crippen LogP contribution is -2.47. The van der Waals surface area contributed by atoms with Gasteiger partial charge in [0.05, 0.1) is 11.3 Å². The summed E-state index contributed by atoms with van der Waals surface area (Å²) in [6.07, 6.45) is 0.510. The molecular weight excluding hydrogens is 415 g/mol. The summed E-state index contributed by atoms with van der Waals surface area (Å²) >= 11 is 0.